The maximum absolute atomic E-state index is 12.0. The van der Waals surface area contributed by atoms with Crippen molar-refractivity contribution in [1.82, 2.24) is 4.98 Å². The van der Waals surface area contributed by atoms with Crippen LogP contribution < -0.4 is 5.32 Å². The number of nitrogens with zero attached hydrogens (tertiary/aromatic N) is 1. The molecule has 1 N–H and O–H groups in total. The maximum atomic E-state index is 12.0. The molecule has 86 valence electrons. The molecule has 0 saturated heterocycles. The van der Waals surface area contributed by atoms with Gasteiger partial charge in [0.05, 0.1) is 0 Å². The lowest BCUT2D eigenvalue weighted by Crippen LogP contribution is -2.25. The van der Waals surface area contributed by atoms with Crippen LogP contribution in [0.5, 0.6) is 0 Å². The fourth-order valence-electron chi connectivity index (χ4n) is 2.20. The van der Waals surface area contributed by atoms with Gasteiger partial charge < -0.3 is 5.32 Å². The van der Waals surface area contributed by atoms with E-state index in [1.807, 2.05) is 19.1 Å². The Kier molecular flexibility index (Phi) is 3.54. The van der Waals surface area contributed by atoms with Crippen LogP contribution in [0.1, 0.15) is 37.7 Å². The van der Waals surface area contributed by atoms with Crippen molar-refractivity contribution >= 4 is 11.7 Å². The van der Waals surface area contributed by atoms with Crippen molar-refractivity contribution in [3.05, 3.63) is 23.9 Å². The molecule has 0 aliphatic heterocycles. The number of amides is 1. The second-order valence-electron chi connectivity index (χ2n) is 4.49. The Balaban J connectivity index is 1.99. The monoisotopic (exact) mass is 218 g/mol. The van der Waals surface area contributed by atoms with E-state index in [2.05, 4.69) is 10.3 Å². The molecule has 0 atom stereocenters. The number of carbonyl (C=O) groups excluding carboxylic acids is 1. The van der Waals surface area contributed by atoms with Gasteiger partial charge in [-0.3, -0.25) is 4.79 Å². The number of hydrogen-bond acceptors (Lipinski definition) is 2. The summed E-state index contributed by atoms with van der Waals surface area (Å²) in [6, 6.07) is 3.84. The number of nitrogens with one attached hydrogen (secondary N) is 1. The molecule has 2 rings (SSSR count). The van der Waals surface area contributed by atoms with Crippen LogP contribution in [0, 0.1) is 12.8 Å². The molecule has 0 aromatic carbocycles. The topological polar surface area (TPSA) is 42.0 Å². The molecule has 0 bridgehead atoms. The Labute approximate surface area is 96.3 Å². The minimum atomic E-state index is 0.140. The summed E-state index contributed by atoms with van der Waals surface area (Å²) in [5.74, 6) is 1.04. The zero-order chi connectivity index (χ0) is 11.4. The fraction of sp³-hybridized carbons (Fsp3) is 0.538. The summed E-state index contributed by atoms with van der Waals surface area (Å²) in [5, 5.41) is 2.93. The van der Waals surface area contributed by atoms with Gasteiger partial charge in [-0.15, -0.1) is 0 Å². The molecule has 0 unspecified atom stereocenters. The molecule has 1 saturated carbocycles. The highest BCUT2D eigenvalue weighted by atomic mass is 16.1. The Morgan fingerprint density at radius 1 is 1.38 bits per heavy atom. The molecule has 3 heteroatoms. The lowest BCUT2D eigenvalue weighted by Gasteiger charge is -2.20. The van der Waals surface area contributed by atoms with Crippen LogP contribution in [0.4, 0.5) is 5.82 Å². The average Bonchev–Trinajstić information content (AvgIpc) is 2.33. The van der Waals surface area contributed by atoms with E-state index >= 15 is 0 Å². The summed E-state index contributed by atoms with van der Waals surface area (Å²) in [4.78, 5) is 16.1. The first kappa shape index (κ1) is 11.1. The maximum Gasteiger partial charge on any atom is 0.228 e. The van der Waals surface area contributed by atoms with Gasteiger partial charge in [0.2, 0.25) is 5.91 Å². The molecule has 3 nitrogen and oxygen atoms in total. The number of rotatable bonds is 2. The van der Waals surface area contributed by atoms with E-state index in [-0.39, 0.29) is 11.8 Å². The molecular formula is C13H18N2O. The van der Waals surface area contributed by atoms with Crippen LogP contribution in [0.15, 0.2) is 18.3 Å². The highest BCUT2D eigenvalue weighted by molar-refractivity contribution is 5.92. The SMILES string of the molecule is Cc1cccnc1NC(=O)C1CCCCC1. The Bertz CT molecular complexity index is 370. The van der Waals surface area contributed by atoms with E-state index in [1.54, 1.807) is 6.20 Å². The number of carbonyl (C=O) groups is 1. The lowest BCUT2D eigenvalue weighted by molar-refractivity contribution is -0.120. The molecule has 1 heterocycles. The van der Waals surface area contributed by atoms with Gasteiger partial charge in [-0.25, -0.2) is 4.98 Å². The lowest BCUT2D eigenvalue weighted by atomic mass is 9.88. The summed E-state index contributed by atoms with van der Waals surface area (Å²) < 4.78 is 0. The Hall–Kier alpha value is -1.38. The Morgan fingerprint density at radius 3 is 2.81 bits per heavy atom. The van der Waals surface area contributed by atoms with Crippen LogP contribution in [0.25, 0.3) is 0 Å². The van der Waals surface area contributed by atoms with Gasteiger partial charge in [0.1, 0.15) is 5.82 Å². The van der Waals surface area contributed by atoms with Gasteiger partial charge in [-0.1, -0.05) is 25.3 Å². The van der Waals surface area contributed by atoms with Crippen molar-refractivity contribution in [1.29, 1.82) is 0 Å². The zero-order valence-electron chi connectivity index (χ0n) is 9.70. The molecule has 1 aliphatic rings. The van der Waals surface area contributed by atoms with E-state index in [4.69, 9.17) is 0 Å². The third-order valence-electron chi connectivity index (χ3n) is 3.23. The number of pyridine rings is 1. The normalized spacial score (nSPS) is 17.1. The van der Waals surface area contributed by atoms with Crippen molar-refractivity contribution in [2.45, 2.75) is 39.0 Å². The molecule has 16 heavy (non-hydrogen) atoms. The van der Waals surface area contributed by atoms with Gasteiger partial charge in [0.25, 0.3) is 0 Å². The highest BCUT2D eigenvalue weighted by Crippen LogP contribution is 2.25. The third-order valence-corrected chi connectivity index (χ3v) is 3.23. The van der Waals surface area contributed by atoms with Gasteiger partial charge in [0.15, 0.2) is 0 Å². The molecule has 1 aromatic heterocycles. The van der Waals surface area contributed by atoms with E-state index in [9.17, 15) is 4.79 Å². The van der Waals surface area contributed by atoms with Crippen molar-refractivity contribution in [3.63, 3.8) is 0 Å². The summed E-state index contributed by atoms with van der Waals surface area (Å²) in [5.41, 5.74) is 1.02. The van der Waals surface area contributed by atoms with Crippen LogP contribution in [-0.2, 0) is 4.79 Å². The largest absolute Gasteiger partial charge is 0.310 e. The van der Waals surface area contributed by atoms with Crippen molar-refractivity contribution in [3.8, 4) is 0 Å². The highest BCUT2D eigenvalue weighted by Gasteiger charge is 2.21. The smallest absolute Gasteiger partial charge is 0.228 e. The van der Waals surface area contributed by atoms with Crippen LogP contribution in [0.2, 0.25) is 0 Å². The first-order chi connectivity index (χ1) is 7.77. The quantitative estimate of drug-likeness (QED) is 0.829. The number of aromatic nitrogens is 1. The molecule has 1 amide bonds. The fourth-order valence-corrected chi connectivity index (χ4v) is 2.20. The van der Waals surface area contributed by atoms with E-state index < -0.39 is 0 Å². The number of aryl methyl sites for hydroxylation is 1. The molecule has 1 aromatic rings. The van der Waals surface area contributed by atoms with Crippen LogP contribution in [-0.4, -0.2) is 10.9 Å². The number of hydrogen-bond donors (Lipinski definition) is 1. The molecule has 0 radical (unpaired) electrons. The second kappa shape index (κ2) is 5.10. The summed E-state index contributed by atoms with van der Waals surface area (Å²) in [6.07, 6.45) is 7.39. The third kappa shape index (κ3) is 2.60. The Morgan fingerprint density at radius 2 is 2.12 bits per heavy atom. The average molecular weight is 218 g/mol. The predicted octanol–water partition coefficient (Wildman–Crippen LogP) is 2.91. The molecule has 0 spiro atoms. The van der Waals surface area contributed by atoms with Crippen molar-refractivity contribution < 1.29 is 4.79 Å². The first-order valence-electron chi connectivity index (χ1n) is 6.00. The van der Waals surface area contributed by atoms with E-state index in [0.717, 1.165) is 18.4 Å². The second-order valence-corrected chi connectivity index (χ2v) is 4.49. The predicted molar refractivity (Wildman–Crippen MR) is 64.2 cm³/mol. The van der Waals surface area contributed by atoms with Crippen molar-refractivity contribution in [2.24, 2.45) is 5.92 Å². The first-order valence-corrected chi connectivity index (χ1v) is 6.00. The van der Waals surface area contributed by atoms with E-state index in [0.29, 0.717) is 5.82 Å². The summed E-state index contributed by atoms with van der Waals surface area (Å²) in [7, 11) is 0. The van der Waals surface area contributed by atoms with Gasteiger partial charge >= 0.3 is 0 Å². The van der Waals surface area contributed by atoms with Crippen molar-refractivity contribution in [2.75, 3.05) is 5.32 Å². The summed E-state index contributed by atoms with van der Waals surface area (Å²) in [6.45, 7) is 1.96. The van der Waals surface area contributed by atoms with Gasteiger partial charge in [-0.05, 0) is 31.4 Å². The molecule has 1 fully saturated rings. The minimum absolute atomic E-state index is 0.140. The molecule has 1 aliphatic carbocycles. The minimum Gasteiger partial charge on any atom is -0.310 e. The van der Waals surface area contributed by atoms with Gasteiger partial charge in [0, 0.05) is 12.1 Å². The standard InChI is InChI=1S/C13H18N2O/c1-10-6-5-9-14-12(10)15-13(16)11-7-3-2-4-8-11/h5-6,9,11H,2-4,7-8H2,1H3,(H,14,15,16). The van der Waals surface area contributed by atoms with Gasteiger partial charge in [-0.2, -0.15) is 0 Å². The van der Waals surface area contributed by atoms with E-state index in [1.165, 1.54) is 19.3 Å². The number of anilines is 1. The van der Waals surface area contributed by atoms with Crippen LogP contribution in [0.3, 0.4) is 0 Å². The zero-order valence-corrected chi connectivity index (χ0v) is 9.70. The summed E-state index contributed by atoms with van der Waals surface area (Å²) >= 11 is 0. The molecular weight excluding hydrogens is 200 g/mol. The van der Waals surface area contributed by atoms with Crippen LogP contribution >= 0.6 is 0 Å².